The van der Waals surface area contributed by atoms with E-state index in [0.717, 1.165) is 29.6 Å². The third-order valence-electron chi connectivity index (χ3n) is 6.16. The van der Waals surface area contributed by atoms with Gasteiger partial charge in [0.1, 0.15) is 5.82 Å². The standard InChI is InChI=1S/C24H23F3N6O2S/c1-36(34,35)33-13-7-6-12-20(33)19-14-21(30-23-16-9-3-5-11-18(16)31-32-23)29-22(28-19)15-8-2-4-10-17(15)24(25,26)27/h2-5,8-11,14,20H,6-7,12-13H2,1H3,(H2,28,29,30,31,32). The van der Waals surface area contributed by atoms with Gasteiger partial charge in [0.25, 0.3) is 0 Å². The van der Waals surface area contributed by atoms with Gasteiger partial charge < -0.3 is 5.32 Å². The fourth-order valence-corrected chi connectivity index (χ4v) is 5.66. The molecular weight excluding hydrogens is 493 g/mol. The van der Waals surface area contributed by atoms with Gasteiger partial charge in [-0.2, -0.15) is 22.6 Å². The van der Waals surface area contributed by atoms with Crippen molar-refractivity contribution in [2.24, 2.45) is 0 Å². The second-order valence-electron chi connectivity index (χ2n) is 8.67. The normalized spacial score (nSPS) is 17.4. The van der Waals surface area contributed by atoms with E-state index in [1.165, 1.54) is 22.5 Å². The number of piperidine rings is 1. The summed E-state index contributed by atoms with van der Waals surface area (Å²) in [5.74, 6) is 0.499. The van der Waals surface area contributed by atoms with E-state index in [1.54, 1.807) is 6.07 Å². The van der Waals surface area contributed by atoms with Gasteiger partial charge in [-0.1, -0.05) is 36.8 Å². The molecule has 0 aliphatic carbocycles. The highest BCUT2D eigenvalue weighted by atomic mass is 32.2. The number of hydrogen-bond donors (Lipinski definition) is 2. The number of alkyl halides is 3. The number of para-hydroxylation sites is 1. The van der Waals surface area contributed by atoms with E-state index in [0.29, 0.717) is 30.9 Å². The van der Waals surface area contributed by atoms with Crippen LogP contribution in [0.5, 0.6) is 0 Å². The van der Waals surface area contributed by atoms with Gasteiger partial charge in [-0.15, -0.1) is 0 Å². The lowest BCUT2D eigenvalue weighted by Gasteiger charge is -2.33. The number of halogens is 3. The third-order valence-corrected chi connectivity index (χ3v) is 7.45. The van der Waals surface area contributed by atoms with Gasteiger partial charge >= 0.3 is 6.18 Å². The Morgan fingerprint density at radius 1 is 1.06 bits per heavy atom. The number of fused-ring (bicyclic) bond motifs is 1. The number of nitrogens with zero attached hydrogens (tertiary/aromatic N) is 4. The number of hydrogen-bond acceptors (Lipinski definition) is 6. The van der Waals surface area contributed by atoms with Crippen LogP contribution in [0, 0.1) is 0 Å². The quantitative estimate of drug-likeness (QED) is 0.375. The van der Waals surface area contributed by atoms with Crippen LogP contribution in [0.25, 0.3) is 22.3 Å². The zero-order chi connectivity index (χ0) is 25.5. The second kappa shape index (κ2) is 9.17. The fourth-order valence-electron chi connectivity index (χ4n) is 4.52. The number of nitrogens with one attached hydrogen (secondary N) is 2. The Balaban J connectivity index is 1.66. The molecule has 1 aliphatic rings. The first-order valence-electron chi connectivity index (χ1n) is 11.3. The molecule has 2 aromatic heterocycles. The van der Waals surface area contributed by atoms with Crippen molar-refractivity contribution in [3.05, 3.63) is 65.9 Å². The maximum Gasteiger partial charge on any atom is 0.417 e. The minimum Gasteiger partial charge on any atom is -0.323 e. The Labute approximate surface area is 205 Å². The number of aromatic amines is 1. The van der Waals surface area contributed by atoms with Gasteiger partial charge in [0, 0.05) is 23.6 Å². The Bertz CT molecular complexity index is 1520. The summed E-state index contributed by atoms with van der Waals surface area (Å²) in [5.41, 5.74) is 0.0299. The topological polar surface area (TPSA) is 104 Å². The molecule has 8 nitrogen and oxygen atoms in total. The van der Waals surface area contributed by atoms with Crippen molar-refractivity contribution in [1.29, 1.82) is 0 Å². The maximum absolute atomic E-state index is 13.8. The van der Waals surface area contributed by atoms with E-state index in [4.69, 9.17) is 0 Å². The predicted molar refractivity (Wildman–Crippen MR) is 130 cm³/mol. The van der Waals surface area contributed by atoms with E-state index in [1.807, 2.05) is 24.3 Å². The smallest absolute Gasteiger partial charge is 0.323 e. The summed E-state index contributed by atoms with van der Waals surface area (Å²) >= 11 is 0. The van der Waals surface area contributed by atoms with Crippen molar-refractivity contribution in [3.63, 3.8) is 0 Å². The van der Waals surface area contributed by atoms with Crippen LogP contribution < -0.4 is 5.32 Å². The predicted octanol–water partition coefficient (Wildman–Crippen LogP) is 5.27. The van der Waals surface area contributed by atoms with Crippen LogP contribution in [0.15, 0.2) is 54.6 Å². The number of benzene rings is 2. The second-order valence-corrected chi connectivity index (χ2v) is 10.6. The highest BCUT2D eigenvalue weighted by Gasteiger charge is 2.36. The fraction of sp³-hybridized carbons (Fsp3) is 0.292. The number of aromatic nitrogens is 4. The van der Waals surface area contributed by atoms with Gasteiger partial charge in [-0.05, 0) is 31.0 Å². The molecule has 5 rings (SSSR count). The monoisotopic (exact) mass is 516 g/mol. The van der Waals surface area contributed by atoms with E-state index >= 15 is 0 Å². The molecule has 0 saturated carbocycles. The largest absolute Gasteiger partial charge is 0.417 e. The number of anilines is 2. The van der Waals surface area contributed by atoms with Gasteiger partial charge in [-0.25, -0.2) is 18.4 Å². The first-order valence-corrected chi connectivity index (χ1v) is 13.2. The average molecular weight is 517 g/mol. The van der Waals surface area contributed by atoms with Crippen molar-refractivity contribution >= 4 is 32.6 Å². The Hall–Kier alpha value is -3.51. The molecule has 1 aliphatic heterocycles. The van der Waals surface area contributed by atoms with Crippen molar-refractivity contribution < 1.29 is 21.6 Å². The number of sulfonamides is 1. The van der Waals surface area contributed by atoms with E-state index in [2.05, 4.69) is 25.5 Å². The molecule has 1 saturated heterocycles. The van der Waals surface area contributed by atoms with Crippen LogP contribution in [0.1, 0.15) is 36.6 Å². The van der Waals surface area contributed by atoms with Crippen molar-refractivity contribution in [2.75, 3.05) is 18.1 Å². The molecule has 4 aromatic rings. The molecule has 0 bridgehead atoms. The zero-order valence-corrected chi connectivity index (χ0v) is 20.1. The zero-order valence-electron chi connectivity index (χ0n) is 19.2. The summed E-state index contributed by atoms with van der Waals surface area (Å²) < 4.78 is 67.8. The average Bonchev–Trinajstić information content (AvgIpc) is 3.25. The van der Waals surface area contributed by atoms with E-state index in [9.17, 15) is 21.6 Å². The Morgan fingerprint density at radius 2 is 1.81 bits per heavy atom. The van der Waals surface area contributed by atoms with Gasteiger partial charge in [-0.3, -0.25) is 5.10 Å². The minimum absolute atomic E-state index is 0.151. The van der Waals surface area contributed by atoms with E-state index in [-0.39, 0.29) is 17.2 Å². The first kappa shape index (κ1) is 24.2. The summed E-state index contributed by atoms with van der Waals surface area (Å²) in [6.45, 7) is 0.314. The Kier molecular flexibility index (Phi) is 6.17. The lowest BCUT2D eigenvalue weighted by Crippen LogP contribution is -2.38. The molecule has 36 heavy (non-hydrogen) atoms. The summed E-state index contributed by atoms with van der Waals surface area (Å²) in [7, 11) is -3.57. The molecule has 188 valence electrons. The molecule has 0 amide bonds. The molecule has 1 atom stereocenters. The lowest BCUT2D eigenvalue weighted by molar-refractivity contribution is -0.137. The van der Waals surface area contributed by atoms with Crippen LogP contribution in [0.4, 0.5) is 24.8 Å². The summed E-state index contributed by atoms with van der Waals surface area (Å²) in [6, 6.07) is 13.4. The van der Waals surface area contributed by atoms with Crippen molar-refractivity contribution in [3.8, 4) is 11.4 Å². The van der Waals surface area contributed by atoms with Crippen LogP contribution in [0.3, 0.4) is 0 Å². The minimum atomic E-state index is -4.62. The molecule has 3 heterocycles. The van der Waals surface area contributed by atoms with Crippen LogP contribution in [-0.2, 0) is 16.2 Å². The van der Waals surface area contributed by atoms with Crippen LogP contribution in [0.2, 0.25) is 0 Å². The highest BCUT2D eigenvalue weighted by molar-refractivity contribution is 7.88. The van der Waals surface area contributed by atoms with Gasteiger partial charge in [0.15, 0.2) is 11.6 Å². The summed E-state index contributed by atoms with van der Waals surface area (Å²) in [6.07, 6.45) is -1.53. The highest BCUT2D eigenvalue weighted by Crippen LogP contribution is 2.38. The number of H-pyrrole nitrogens is 1. The van der Waals surface area contributed by atoms with Crippen molar-refractivity contribution in [1.82, 2.24) is 24.5 Å². The Morgan fingerprint density at radius 3 is 2.58 bits per heavy atom. The SMILES string of the molecule is CS(=O)(=O)N1CCCCC1c1cc(Nc2n[nH]c3ccccc23)nc(-c2ccccc2C(F)(F)F)n1. The molecule has 0 radical (unpaired) electrons. The molecular formula is C24H23F3N6O2S. The third kappa shape index (κ3) is 4.78. The summed E-state index contributed by atoms with van der Waals surface area (Å²) in [5, 5.41) is 11.0. The van der Waals surface area contributed by atoms with Crippen molar-refractivity contribution in [2.45, 2.75) is 31.5 Å². The number of rotatable bonds is 5. The van der Waals surface area contributed by atoms with E-state index < -0.39 is 27.8 Å². The van der Waals surface area contributed by atoms with Crippen LogP contribution >= 0.6 is 0 Å². The molecule has 1 fully saturated rings. The van der Waals surface area contributed by atoms with Crippen LogP contribution in [-0.4, -0.2) is 45.7 Å². The molecule has 1 unspecified atom stereocenters. The van der Waals surface area contributed by atoms with Gasteiger partial charge in [0.05, 0.1) is 29.1 Å². The first-order chi connectivity index (χ1) is 17.1. The molecule has 2 N–H and O–H groups in total. The molecule has 0 spiro atoms. The maximum atomic E-state index is 13.8. The molecule has 12 heteroatoms. The molecule has 2 aromatic carbocycles. The van der Waals surface area contributed by atoms with Gasteiger partial charge in [0.2, 0.25) is 10.0 Å². The summed E-state index contributed by atoms with van der Waals surface area (Å²) in [4.78, 5) is 8.87. The lowest BCUT2D eigenvalue weighted by atomic mass is 10.0.